The molecular weight excluding hydrogens is 805 g/mol. The number of H-pyrrole nitrogens is 1. The van der Waals surface area contributed by atoms with Crippen LogP contribution in [0, 0.1) is 11.3 Å². The third-order valence-corrected chi connectivity index (χ3v) is 8.94. The summed E-state index contributed by atoms with van der Waals surface area (Å²) in [6.07, 6.45) is 0.105. The highest BCUT2D eigenvalue weighted by Gasteiger charge is 2.26. The van der Waals surface area contributed by atoms with Gasteiger partial charge in [-0.2, -0.15) is 10.5 Å². The Bertz CT molecular complexity index is 2350. The van der Waals surface area contributed by atoms with E-state index in [2.05, 4.69) is 52.9 Å². The van der Waals surface area contributed by atoms with E-state index in [9.17, 15) is 9.59 Å². The van der Waals surface area contributed by atoms with Crippen molar-refractivity contribution in [2.45, 2.75) is 90.6 Å². The second kappa shape index (κ2) is 20.5. The molecule has 0 bridgehead atoms. The van der Waals surface area contributed by atoms with E-state index in [1.54, 1.807) is 20.8 Å². The van der Waals surface area contributed by atoms with Gasteiger partial charge in [0.15, 0.2) is 11.6 Å². The fourth-order valence-corrected chi connectivity index (χ4v) is 6.26. The number of rotatable bonds is 12. The van der Waals surface area contributed by atoms with Gasteiger partial charge < -0.3 is 20.1 Å². The Balaban J connectivity index is 0.000000230. The summed E-state index contributed by atoms with van der Waals surface area (Å²) in [7, 11) is 0. The number of carbonyl (C=O) groups excluding carboxylic acids is 2. The first kappa shape index (κ1) is 44.7. The van der Waals surface area contributed by atoms with Crippen molar-refractivity contribution in [3.05, 3.63) is 130 Å². The smallest absolute Gasteiger partial charge is 0.408 e. The van der Waals surface area contributed by atoms with E-state index in [4.69, 9.17) is 37.9 Å². The molecule has 2 amide bonds. The maximum atomic E-state index is 12.5. The summed E-state index contributed by atoms with van der Waals surface area (Å²) in [6, 6.07) is 32.4. The monoisotopic (exact) mass is 851 g/mol. The Morgan fingerprint density at radius 2 is 1.23 bits per heavy atom. The standard InChI is InChI=1S/C23H25ClN6O2.C20H22ClN5O2/c1-23(2,3)32-22(31)26-20(21-27-28-29-30(21)13-5-12-25)14-16-8-10-17(11-9-16)18-6-4-7-19(24)15-18;1-20(2,3)28-19(27)22-17(18-23-25-26-24-18)11-13-7-9-14(10-8-13)15-5-4-6-16(21)12-15/h4,6-11,15,20H,5,13-14H2,1-3H3,(H,26,31);4-10,12,17H,11H2,1-3H3,(H,22,27)(H,23,24,25,26)/t20-;17-/m00/s1. The zero-order valence-corrected chi connectivity index (χ0v) is 35.7. The number of alkyl carbamates (subject to hydrolysis) is 2. The molecule has 312 valence electrons. The number of nitriles is 1. The molecule has 2 heterocycles. The van der Waals surface area contributed by atoms with Crippen molar-refractivity contribution in [2.24, 2.45) is 0 Å². The molecule has 15 nitrogen and oxygen atoms in total. The van der Waals surface area contributed by atoms with Gasteiger partial charge in [0.1, 0.15) is 17.2 Å². The lowest BCUT2D eigenvalue weighted by molar-refractivity contribution is 0.0488. The van der Waals surface area contributed by atoms with Crippen LogP contribution in [0.3, 0.4) is 0 Å². The molecular formula is C43H47Cl2N11O4. The molecule has 2 atom stereocenters. The van der Waals surface area contributed by atoms with Gasteiger partial charge in [0.25, 0.3) is 0 Å². The summed E-state index contributed by atoms with van der Waals surface area (Å²) in [4.78, 5) is 24.7. The zero-order valence-electron chi connectivity index (χ0n) is 34.2. The van der Waals surface area contributed by atoms with Crippen LogP contribution >= 0.6 is 23.2 Å². The average molecular weight is 853 g/mol. The van der Waals surface area contributed by atoms with E-state index < -0.39 is 35.5 Å². The molecule has 0 fully saturated rings. The van der Waals surface area contributed by atoms with Crippen molar-refractivity contribution in [3.63, 3.8) is 0 Å². The minimum absolute atomic E-state index is 0.255. The van der Waals surface area contributed by atoms with Crippen molar-refractivity contribution < 1.29 is 19.1 Å². The highest BCUT2D eigenvalue weighted by atomic mass is 35.5. The van der Waals surface area contributed by atoms with E-state index in [1.165, 1.54) is 4.68 Å². The first-order chi connectivity index (χ1) is 28.5. The molecule has 0 radical (unpaired) electrons. The maximum Gasteiger partial charge on any atom is 0.408 e. The van der Waals surface area contributed by atoms with E-state index in [1.807, 2.05) is 118 Å². The fourth-order valence-electron chi connectivity index (χ4n) is 5.88. The van der Waals surface area contributed by atoms with Gasteiger partial charge in [0.2, 0.25) is 0 Å². The van der Waals surface area contributed by atoms with E-state index in [-0.39, 0.29) is 6.42 Å². The third-order valence-electron chi connectivity index (χ3n) is 8.47. The van der Waals surface area contributed by atoms with E-state index >= 15 is 0 Å². The summed E-state index contributed by atoms with van der Waals surface area (Å²) in [5.74, 6) is 0.856. The number of amides is 2. The average Bonchev–Trinajstić information content (AvgIpc) is 3.90. The molecule has 0 unspecified atom stereocenters. The number of aryl methyl sites for hydroxylation is 1. The zero-order chi connectivity index (χ0) is 43.3. The molecule has 3 N–H and O–H groups in total. The predicted molar refractivity (Wildman–Crippen MR) is 228 cm³/mol. The van der Waals surface area contributed by atoms with Crippen molar-refractivity contribution >= 4 is 35.4 Å². The van der Waals surface area contributed by atoms with Crippen molar-refractivity contribution in [1.29, 1.82) is 5.26 Å². The Morgan fingerprint density at radius 3 is 1.68 bits per heavy atom. The third kappa shape index (κ3) is 14.2. The van der Waals surface area contributed by atoms with Crippen LogP contribution in [0.5, 0.6) is 0 Å². The molecule has 17 heteroatoms. The number of ether oxygens (including phenoxy) is 2. The largest absolute Gasteiger partial charge is 0.444 e. The minimum atomic E-state index is -0.639. The van der Waals surface area contributed by atoms with Gasteiger partial charge in [-0.15, -0.1) is 15.3 Å². The molecule has 0 aliphatic rings. The van der Waals surface area contributed by atoms with Gasteiger partial charge in [0, 0.05) is 22.9 Å². The number of aromatic amines is 1. The molecule has 4 aromatic carbocycles. The van der Waals surface area contributed by atoms with Gasteiger partial charge in [-0.1, -0.05) is 101 Å². The number of nitrogens with one attached hydrogen (secondary N) is 3. The molecule has 6 aromatic rings. The van der Waals surface area contributed by atoms with Crippen molar-refractivity contribution in [2.75, 3.05) is 0 Å². The lowest BCUT2D eigenvalue weighted by Crippen LogP contribution is -2.37. The van der Waals surface area contributed by atoms with Crippen LogP contribution in [-0.2, 0) is 28.9 Å². The highest BCUT2D eigenvalue weighted by Crippen LogP contribution is 2.26. The van der Waals surface area contributed by atoms with E-state index in [0.29, 0.717) is 41.1 Å². The fraction of sp³-hybridized carbons (Fsp3) is 0.326. The van der Waals surface area contributed by atoms with Gasteiger partial charge in [0.05, 0.1) is 25.1 Å². The number of tetrazole rings is 2. The van der Waals surface area contributed by atoms with Crippen LogP contribution in [0.25, 0.3) is 22.3 Å². The molecule has 0 aliphatic carbocycles. The Morgan fingerprint density at radius 1 is 0.733 bits per heavy atom. The Kier molecular flexibility index (Phi) is 15.3. The van der Waals surface area contributed by atoms with Gasteiger partial charge >= 0.3 is 12.2 Å². The molecule has 6 rings (SSSR count). The number of aromatic nitrogens is 8. The topological polar surface area (TPSA) is 199 Å². The van der Waals surface area contributed by atoms with Crippen LogP contribution in [0.1, 0.15) is 82.8 Å². The lowest BCUT2D eigenvalue weighted by Gasteiger charge is -2.23. The van der Waals surface area contributed by atoms with Gasteiger partial charge in [-0.05, 0) is 110 Å². The number of benzene rings is 4. The Labute approximate surface area is 358 Å². The summed E-state index contributed by atoms with van der Waals surface area (Å²) in [6.45, 7) is 11.2. The van der Waals surface area contributed by atoms with Crippen LogP contribution < -0.4 is 10.6 Å². The Hall–Kier alpha value is -6.37. The molecule has 0 aliphatic heterocycles. The summed E-state index contributed by atoms with van der Waals surface area (Å²) in [5, 5.41) is 41.8. The second-order valence-electron chi connectivity index (χ2n) is 15.7. The molecule has 60 heavy (non-hydrogen) atoms. The quantitative estimate of drug-likeness (QED) is 0.106. The first-order valence-electron chi connectivity index (χ1n) is 19.1. The van der Waals surface area contributed by atoms with Crippen LogP contribution in [0.2, 0.25) is 10.0 Å². The summed E-state index contributed by atoms with van der Waals surface area (Å²) >= 11 is 12.2. The molecule has 2 aromatic heterocycles. The van der Waals surface area contributed by atoms with Crippen molar-refractivity contribution in [1.82, 2.24) is 51.5 Å². The van der Waals surface area contributed by atoms with Crippen LogP contribution in [-0.4, -0.2) is 64.2 Å². The first-order valence-corrected chi connectivity index (χ1v) is 19.9. The van der Waals surface area contributed by atoms with E-state index in [0.717, 1.165) is 33.4 Å². The number of carbonyl (C=O) groups is 2. The number of hydrogen-bond donors (Lipinski definition) is 3. The van der Waals surface area contributed by atoms with Gasteiger partial charge in [-0.25, -0.2) is 14.3 Å². The molecule has 0 spiro atoms. The number of halogens is 2. The summed E-state index contributed by atoms with van der Waals surface area (Å²) < 4.78 is 12.3. The normalized spacial score (nSPS) is 12.2. The lowest BCUT2D eigenvalue weighted by atomic mass is 10.0. The predicted octanol–water partition coefficient (Wildman–Crippen LogP) is 9.04. The number of nitrogens with zero attached hydrogens (tertiary/aromatic N) is 8. The maximum absolute atomic E-state index is 12.5. The number of hydrogen-bond acceptors (Lipinski definition) is 11. The van der Waals surface area contributed by atoms with Gasteiger partial charge in [-0.3, -0.25) is 0 Å². The second-order valence-corrected chi connectivity index (χ2v) is 16.5. The van der Waals surface area contributed by atoms with Crippen LogP contribution in [0.4, 0.5) is 9.59 Å². The molecule has 0 saturated carbocycles. The van der Waals surface area contributed by atoms with Crippen LogP contribution in [0.15, 0.2) is 97.1 Å². The highest BCUT2D eigenvalue weighted by molar-refractivity contribution is 6.31. The minimum Gasteiger partial charge on any atom is -0.444 e. The molecule has 0 saturated heterocycles. The summed E-state index contributed by atoms with van der Waals surface area (Å²) in [5.41, 5.74) is 4.91. The van der Waals surface area contributed by atoms with Crippen molar-refractivity contribution in [3.8, 4) is 28.3 Å². The SMILES string of the molecule is CC(C)(C)OC(=O)N[C@@H](Cc1ccc(-c2cccc(Cl)c2)cc1)c1nn[nH]n1.CC(C)(C)OC(=O)N[C@@H](Cc1ccc(-c2cccc(Cl)c2)cc1)c1nnnn1CCC#N.